The summed E-state index contributed by atoms with van der Waals surface area (Å²) in [5.41, 5.74) is -0.699. The predicted molar refractivity (Wildman–Crippen MR) is 75.4 cm³/mol. The summed E-state index contributed by atoms with van der Waals surface area (Å²) < 4.78 is 27.4. The molecule has 0 spiro atoms. The number of anilines is 1. The van der Waals surface area contributed by atoms with Gasteiger partial charge >= 0.3 is 5.97 Å². The zero-order valence-corrected chi connectivity index (χ0v) is 11.9. The molecule has 0 aliphatic heterocycles. The second-order valence-electron chi connectivity index (χ2n) is 4.05. The molecule has 0 atom stereocenters. The third-order valence-corrected chi connectivity index (χ3v) is 3.34. The van der Waals surface area contributed by atoms with Crippen molar-refractivity contribution in [1.29, 1.82) is 0 Å². The first-order chi connectivity index (χ1) is 9.90. The number of amides is 1. The molecule has 0 saturated carbocycles. The van der Waals surface area contributed by atoms with Gasteiger partial charge in [-0.05, 0) is 46.3 Å². The Morgan fingerprint density at radius 1 is 1.10 bits per heavy atom. The highest BCUT2D eigenvalue weighted by Crippen LogP contribution is 2.25. The molecule has 0 unspecified atom stereocenters. The van der Waals surface area contributed by atoms with Crippen molar-refractivity contribution in [2.75, 3.05) is 5.32 Å². The standard InChI is InChI=1S/C14H8BrF2NO3/c15-8-5-4-7(14(20)21)6-11(8)18-13(19)12-9(16)2-1-3-10(12)17/h1-6H,(H,18,19)(H,20,21). The summed E-state index contributed by atoms with van der Waals surface area (Å²) in [6, 6.07) is 6.98. The number of carbonyl (C=O) groups is 2. The Labute approximate surface area is 126 Å². The number of hydrogen-bond acceptors (Lipinski definition) is 2. The van der Waals surface area contributed by atoms with E-state index < -0.39 is 29.1 Å². The van der Waals surface area contributed by atoms with Crippen molar-refractivity contribution in [1.82, 2.24) is 0 Å². The second kappa shape index (κ2) is 6.01. The van der Waals surface area contributed by atoms with E-state index in [-0.39, 0.29) is 11.3 Å². The molecule has 0 aliphatic carbocycles. The van der Waals surface area contributed by atoms with Gasteiger partial charge in [0.15, 0.2) is 0 Å². The molecule has 2 aromatic carbocycles. The molecule has 0 heterocycles. The largest absolute Gasteiger partial charge is 0.478 e. The maximum Gasteiger partial charge on any atom is 0.335 e. The SMILES string of the molecule is O=C(O)c1ccc(Br)c(NC(=O)c2c(F)cccc2F)c1. The molecule has 0 aromatic heterocycles. The van der Waals surface area contributed by atoms with Gasteiger partial charge in [0.05, 0.1) is 11.3 Å². The Balaban J connectivity index is 2.36. The van der Waals surface area contributed by atoms with Gasteiger partial charge in [-0.25, -0.2) is 13.6 Å². The van der Waals surface area contributed by atoms with Gasteiger partial charge in [-0.15, -0.1) is 0 Å². The van der Waals surface area contributed by atoms with Crippen LogP contribution in [0.2, 0.25) is 0 Å². The molecular weight excluding hydrogens is 348 g/mol. The first-order valence-electron chi connectivity index (χ1n) is 5.68. The highest BCUT2D eigenvalue weighted by atomic mass is 79.9. The lowest BCUT2D eigenvalue weighted by Gasteiger charge is -2.09. The van der Waals surface area contributed by atoms with Gasteiger partial charge in [-0.1, -0.05) is 6.07 Å². The van der Waals surface area contributed by atoms with Crippen molar-refractivity contribution in [3.63, 3.8) is 0 Å². The van der Waals surface area contributed by atoms with E-state index in [4.69, 9.17) is 5.11 Å². The quantitative estimate of drug-likeness (QED) is 0.882. The lowest BCUT2D eigenvalue weighted by molar-refractivity contribution is 0.0696. The summed E-state index contributed by atoms with van der Waals surface area (Å²) in [5.74, 6) is -4.19. The molecule has 0 saturated heterocycles. The summed E-state index contributed by atoms with van der Waals surface area (Å²) >= 11 is 3.12. The van der Waals surface area contributed by atoms with E-state index >= 15 is 0 Å². The van der Waals surface area contributed by atoms with Crippen molar-refractivity contribution < 1.29 is 23.5 Å². The number of benzene rings is 2. The lowest BCUT2D eigenvalue weighted by Crippen LogP contribution is -2.16. The van der Waals surface area contributed by atoms with Gasteiger partial charge in [0.2, 0.25) is 0 Å². The van der Waals surface area contributed by atoms with Crippen molar-refractivity contribution in [2.24, 2.45) is 0 Å². The summed E-state index contributed by atoms with van der Waals surface area (Å²) in [4.78, 5) is 22.8. The van der Waals surface area contributed by atoms with Crippen LogP contribution in [0.4, 0.5) is 14.5 Å². The van der Waals surface area contributed by atoms with Crippen LogP contribution in [0.5, 0.6) is 0 Å². The number of carboxylic acids is 1. The van der Waals surface area contributed by atoms with Gasteiger partial charge in [-0.3, -0.25) is 4.79 Å². The highest BCUT2D eigenvalue weighted by molar-refractivity contribution is 9.10. The number of halogens is 3. The number of carbonyl (C=O) groups excluding carboxylic acids is 1. The van der Waals surface area contributed by atoms with E-state index in [1.807, 2.05) is 0 Å². The molecule has 2 N–H and O–H groups in total. The molecule has 1 amide bonds. The smallest absolute Gasteiger partial charge is 0.335 e. The first-order valence-corrected chi connectivity index (χ1v) is 6.47. The van der Waals surface area contributed by atoms with Crippen LogP contribution in [-0.2, 0) is 0 Å². The fourth-order valence-corrected chi connectivity index (χ4v) is 2.00. The Morgan fingerprint density at radius 2 is 1.71 bits per heavy atom. The highest BCUT2D eigenvalue weighted by Gasteiger charge is 2.18. The molecule has 108 valence electrons. The van der Waals surface area contributed by atoms with Gasteiger partial charge in [-0.2, -0.15) is 0 Å². The fraction of sp³-hybridized carbons (Fsp3) is 0. The zero-order valence-electron chi connectivity index (χ0n) is 10.4. The van der Waals surface area contributed by atoms with Crippen molar-refractivity contribution in [2.45, 2.75) is 0 Å². The van der Waals surface area contributed by atoms with Crippen LogP contribution in [0.1, 0.15) is 20.7 Å². The molecular formula is C14H8BrF2NO3. The van der Waals surface area contributed by atoms with Crippen LogP contribution in [0.25, 0.3) is 0 Å². The Bertz CT molecular complexity index is 714. The number of hydrogen-bond donors (Lipinski definition) is 2. The van der Waals surface area contributed by atoms with E-state index in [0.717, 1.165) is 18.2 Å². The van der Waals surface area contributed by atoms with E-state index in [0.29, 0.717) is 4.47 Å². The minimum absolute atomic E-state index is 0.0671. The van der Waals surface area contributed by atoms with E-state index in [1.165, 1.54) is 18.2 Å². The summed E-state index contributed by atoms with van der Waals surface area (Å²) in [5, 5.41) is 11.2. The summed E-state index contributed by atoms with van der Waals surface area (Å²) in [6.45, 7) is 0. The van der Waals surface area contributed by atoms with Gasteiger partial charge < -0.3 is 10.4 Å². The second-order valence-corrected chi connectivity index (χ2v) is 4.90. The molecule has 0 radical (unpaired) electrons. The van der Waals surface area contributed by atoms with Gasteiger partial charge in [0.25, 0.3) is 5.91 Å². The lowest BCUT2D eigenvalue weighted by atomic mass is 10.1. The van der Waals surface area contributed by atoms with Crippen molar-refractivity contribution >= 4 is 33.5 Å². The molecule has 21 heavy (non-hydrogen) atoms. The molecule has 0 fully saturated rings. The Morgan fingerprint density at radius 3 is 2.29 bits per heavy atom. The van der Waals surface area contributed by atoms with Crippen LogP contribution in [0.3, 0.4) is 0 Å². The Kier molecular flexibility index (Phi) is 4.32. The zero-order chi connectivity index (χ0) is 15.6. The summed E-state index contributed by atoms with van der Waals surface area (Å²) in [7, 11) is 0. The maximum absolute atomic E-state index is 13.5. The molecule has 0 bridgehead atoms. The van der Waals surface area contributed by atoms with Crippen LogP contribution in [0, 0.1) is 11.6 Å². The third kappa shape index (κ3) is 3.25. The number of rotatable bonds is 3. The normalized spacial score (nSPS) is 10.2. The van der Waals surface area contributed by atoms with Crippen molar-refractivity contribution in [3.05, 3.63) is 63.6 Å². The van der Waals surface area contributed by atoms with Gasteiger partial charge in [0, 0.05) is 4.47 Å². The Hall–Kier alpha value is -2.28. The van der Waals surface area contributed by atoms with Crippen LogP contribution in [-0.4, -0.2) is 17.0 Å². The van der Waals surface area contributed by atoms with E-state index in [1.54, 1.807) is 0 Å². The van der Waals surface area contributed by atoms with E-state index in [9.17, 15) is 18.4 Å². The van der Waals surface area contributed by atoms with Gasteiger partial charge in [0.1, 0.15) is 17.2 Å². The monoisotopic (exact) mass is 355 g/mol. The fourth-order valence-electron chi connectivity index (χ4n) is 1.65. The number of aromatic carboxylic acids is 1. The minimum Gasteiger partial charge on any atom is -0.478 e. The third-order valence-electron chi connectivity index (χ3n) is 2.65. The topological polar surface area (TPSA) is 66.4 Å². The average molecular weight is 356 g/mol. The summed E-state index contributed by atoms with van der Waals surface area (Å²) in [6.07, 6.45) is 0. The molecule has 0 aliphatic rings. The van der Waals surface area contributed by atoms with Crippen LogP contribution < -0.4 is 5.32 Å². The molecule has 7 heteroatoms. The van der Waals surface area contributed by atoms with Crippen LogP contribution in [0.15, 0.2) is 40.9 Å². The average Bonchev–Trinajstić information content (AvgIpc) is 2.40. The molecule has 4 nitrogen and oxygen atoms in total. The molecule has 2 aromatic rings. The number of carboxylic acid groups (broad SMARTS) is 1. The maximum atomic E-state index is 13.5. The van der Waals surface area contributed by atoms with Crippen LogP contribution >= 0.6 is 15.9 Å². The minimum atomic E-state index is -1.19. The number of nitrogens with one attached hydrogen (secondary N) is 1. The van der Waals surface area contributed by atoms with Crippen molar-refractivity contribution in [3.8, 4) is 0 Å². The van der Waals surface area contributed by atoms with E-state index in [2.05, 4.69) is 21.2 Å². The first kappa shape index (κ1) is 15.1. The predicted octanol–water partition coefficient (Wildman–Crippen LogP) is 3.68. The molecule has 2 rings (SSSR count).